The third kappa shape index (κ3) is 5.43. The van der Waals surface area contributed by atoms with Gasteiger partial charge in [-0.25, -0.2) is 4.98 Å². The second-order valence-electron chi connectivity index (χ2n) is 6.87. The molecule has 0 aliphatic carbocycles. The van der Waals surface area contributed by atoms with E-state index < -0.39 is 11.7 Å². The fourth-order valence-electron chi connectivity index (χ4n) is 2.93. The molecule has 0 saturated heterocycles. The van der Waals surface area contributed by atoms with Crippen molar-refractivity contribution in [2.24, 2.45) is 0 Å². The molecule has 0 fully saturated rings. The number of methoxy groups -OCH3 is 1. The van der Waals surface area contributed by atoms with E-state index >= 15 is 0 Å². The van der Waals surface area contributed by atoms with E-state index in [1.54, 1.807) is 13.2 Å². The number of anilines is 1. The highest BCUT2D eigenvalue weighted by Gasteiger charge is 2.30. The summed E-state index contributed by atoms with van der Waals surface area (Å²) in [6.45, 7) is 1.83. The summed E-state index contributed by atoms with van der Waals surface area (Å²) in [5.41, 5.74) is 1.37. The normalized spacial score (nSPS) is 11.6. The van der Waals surface area contributed by atoms with E-state index in [1.807, 2.05) is 31.2 Å². The molecule has 33 heavy (non-hydrogen) atoms. The van der Waals surface area contributed by atoms with Gasteiger partial charge < -0.3 is 14.2 Å². The standard InChI is InChI=1S/C22H15Cl2F3N2O2S2/c1-11-7-13(29-33-18-6-3-12(8-15(18)23)22(25,26)27)9-16(24)20(11)31-21-28-17-5-4-14(30-2)10-19(17)32-21/h3-10,29H,1-2H3. The van der Waals surface area contributed by atoms with Crippen LogP contribution in [0.4, 0.5) is 18.9 Å². The molecule has 0 unspecified atom stereocenters. The Morgan fingerprint density at radius 1 is 1.03 bits per heavy atom. The predicted octanol–water partition coefficient (Wildman–Crippen LogP) is 8.85. The van der Waals surface area contributed by atoms with Gasteiger partial charge in [-0.15, -0.1) is 0 Å². The summed E-state index contributed by atoms with van der Waals surface area (Å²) in [5, 5.41) is 0.792. The summed E-state index contributed by atoms with van der Waals surface area (Å²) in [5.74, 6) is 1.19. The summed E-state index contributed by atoms with van der Waals surface area (Å²) in [6, 6.07) is 12.2. The summed E-state index contributed by atoms with van der Waals surface area (Å²) >= 11 is 14.9. The van der Waals surface area contributed by atoms with E-state index in [-0.39, 0.29) is 5.02 Å². The van der Waals surface area contributed by atoms with Gasteiger partial charge in [-0.3, -0.25) is 0 Å². The van der Waals surface area contributed by atoms with Crippen LogP contribution in [0.1, 0.15) is 11.1 Å². The molecule has 1 aromatic heterocycles. The van der Waals surface area contributed by atoms with Crippen molar-refractivity contribution in [3.8, 4) is 16.7 Å². The molecule has 0 amide bonds. The number of nitrogens with one attached hydrogen (secondary N) is 1. The van der Waals surface area contributed by atoms with E-state index in [0.29, 0.717) is 26.5 Å². The molecule has 11 heteroatoms. The van der Waals surface area contributed by atoms with Gasteiger partial charge in [0.15, 0.2) is 5.75 Å². The fraction of sp³-hybridized carbons (Fsp3) is 0.136. The molecule has 172 valence electrons. The second kappa shape index (κ2) is 9.50. The van der Waals surface area contributed by atoms with Crippen molar-refractivity contribution in [3.63, 3.8) is 0 Å². The lowest BCUT2D eigenvalue weighted by molar-refractivity contribution is -0.137. The minimum atomic E-state index is -4.45. The van der Waals surface area contributed by atoms with Crippen molar-refractivity contribution in [1.82, 2.24) is 4.98 Å². The maximum absolute atomic E-state index is 12.8. The number of ether oxygens (including phenoxy) is 2. The topological polar surface area (TPSA) is 43.4 Å². The van der Waals surface area contributed by atoms with Crippen molar-refractivity contribution >= 4 is 62.4 Å². The molecular formula is C22H15Cl2F3N2O2S2. The van der Waals surface area contributed by atoms with Crippen molar-refractivity contribution in [2.75, 3.05) is 11.8 Å². The third-order valence-corrected chi connectivity index (χ3v) is 7.05. The largest absolute Gasteiger partial charge is 0.497 e. The number of halogens is 5. The summed E-state index contributed by atoms with van der Waals surface area (Å²) in [7, 11) is 1.60. The van der Waals surface area contributed by atoms with Crippen LogP contribution in [0, 0.1) is 6.92 Å². The van der Waals surface area contributed by atoms with Crippen LogP contribution in [-0.4, -0.2) is 12.1 Å². The zero-order valence-corrected chi connectivity index (χ0v) is 20.2. The number of nitrogens with zero attached hydrogens (tertiary/aromatic N) is 1. The number of hydrogen-bond acceptors (Lipinski definition) is 6. The Hall–Kier alpha value is -2.33. The fourth-order valence-corrected chi connectivity index (χ4v) is 5.02. The SMILES string of the molecule is COc1ccc2nc(Oc3c(C)cc(NSc4ccc(C(F)(F)F)cc4Cl)cc3Cl)sc2c1. The Kier molecular flexibility index (Phi) is 6.86. The van der Waals surface area contributed by atoms with Gasteiger partial charge in [0.25, 0.3) is 5.19 Å². The van der Waals surface area contributed by atoms with Gasteiger partial charge in [0.05, 0.1) is 32.9 Å². The molecule has 1 heterocycles. The lowest BCUT2D eigenvalue weighted by Crippen LogP contribution is -2.04. The van der Waals surface area contributed by atoms with Crippen LogP contribution >= 0.6 is 46.5 Å². The predicted molar refractivity (Wildman–Crippen MR) is 128 cm³/mol. The van der Waals surface area contributed by atoms with Crippen LogP contribution in [0.25, 0.3) is 10.2 Å². The van der Waals surface area contributed by atoms with E-state index in [2.05, 4.69) is 9.71 Å². The van der Waals surface area contributed by atoms with Gasteiger partial charge >= 0.3 is 6.18 Å². The molecule has 1 N–H and O–H groups in total. The number of fused-ring (bicyclic) bond motifs is 1. The first-order valence-corrected chi connectivity index (χ1v) is 11.7. The van der Waals surface area contributed by atoms with Gasteiger partial charge in [0.1, 0.15) is 5.75 Å². The first kappa shape index (κ1) is 23.8. The lowest BCUT2D eigenvalue weighted by atomic mass is 10.2. The van der Waals surface area contributed by atoms with Gasteiger partial charge in [-0.2, -0.15) is 13.2 Å². The number of hydrogen-bond donors (Lipinski definition) is 1. The third-order valence-electron chi connectivity index (χ3n) is 4.53. The highest BCUT2D eigenvalue weighted by molar-refractivity contribution is 8.00. The number of aromatic nitrogens is 1. The summed E-state index contributed by atoms with van der Waals surface area (Å²) in [6.07, 6.45) is -4.45. The zero-order chi connectivity index (χ0) is 23.8. The molecule has 0 spiro atoms. The summed E-state index contributed by atoms with van der Waals surface area (Å²) < 4.78 is 53.6. The molecule has 0 aliphatic heterocycles. The average Bonchev–Trinajstić information content (AvgIpc) is 3.16. The molecular weight excluding hydrogens is 516 g/mol. The van der Waals surface area contributed by atoms with E-state index in [1.165, 1.54) is 17.4 Å². The minimum absolute atomic E-state index is 0.00226. The second-order valence-corrected chi connectivity index (χ2v) is 9.52. The molecule has 3 aromatic carbocycles. The molecule has 0 bridgehead atoms. The minimum Gasteiger partial charge on any atom is -0.497 e. The van der Waals surface area contributed by atoms with Crippen LogP contribution in [0.2, 0.25) is 10.0 Å². The van der Waals surface area contributed by atoms with Crippen molar-refractivity contribution < 1.29 is 22.6 Å². The van der Waals surface area contributed by atoms with Crippen LogP contribution in [0.5, 0.6) is 16.7 Å². The van der Waals surface area contributed by atoms with E-state index in [0.717, 1.165) is 45.6 Å². The number of benzene rings is 3. The van der Waals surface area contributed by atoms with Crippen molar-refractivity contribution in [1.29, 1.82) is 0 Å². The average molecular weight is 531 g/mol. The van der Waals surface area contributed by atoms with Gasteiger partial charge in [-0.05, 0) is 73.0 Å². The monoisotopic (exact) mass is 530 g/mol. The van der Waals surface area contributed by atoms with Crippen LogP contribution < -0.4 is 14.2 Å². The quantitative estimate of drug-likeness (QED) is 0.252. The highest BCUT2D eigenvalue weighted by atomic mass is 35.5. The summed E-state index contributed by atoms with van der Waals surface area (Å²) in [4.78, 5) is 4.91. The van der Waals surface area contributed by atoms with Gasteiger partial charge in [0.2, 0.25) is 0 Å². The number of alkyl halides is 3. The smallest absolute Gasteiger partial charge is 0.416 e. The van der Waals surface area contributed by atoms with Crippen molar-refractivity contribution in [3.05, 3.63) is 69.7 Å². The molecule has 0 atom stereocenters. The van der Waals surface area contributed by atoms with Crippen LogP contribution in [0.15, 0.2) is 53.4 Å². The highest BCUT2D eigenvalue weighted by Crippen LogP contribution is 2.40. The molecule has 4 nitrogen and oxygen atoms in total. The van der Waals surface area contributed by atoms with Crippen LogP contribution in [-0.2, 0) is 6.18 Å². The Labute approximate surface area is 205 Å². The van der Waals surface area contributed by atoms with Gasteiger partial charge in [0, 0.05) is 10.6 Å². The first-order valence-electron chi connectivity index (χ1n) is 9.36. The molecule has 0 saturated carbocycles. The Bertz CT molecular complexity index is 1310. The van der Waals surface area contributed by atoms with E-state index in [4.69, 9.17) is 32.7 Å². The number of aryl methyl sites for hydroxylation is 1. The first-order chi connectivity index (χ1) is 15.6. The molecule has 0 radical (unpaired) electrons. The van der Waals surface area contributed by atoms with E-state index in [9.17, 15) is 13.2 Å². The molecule has 0 aliphatic rings. The Morgan fingerprint density at radius 3 is 2.48 bits per heavy atom. The number of thiazole rings is 1. The zero-order valence-electron chi connectivity index (χ0n) is 17.1. The molecule has 4 aromatic rings. The maximum Gasteiger partial charge on any atom is 0.416 e. The van der Waals surface area contributed by atoms with Crippen molar-refractivity contribution in [2.45, 2.75) is 18.0 Å². The van der Waals surface area contributed by atoms with Gasteiger partial charge in [-0.1, -0.05) is 34.5 Å². The molecule has 4 rings (SSSR count). The Morgan fingerprint density at radius 2 is 1.82 bits per heavy atom. The maximum atomic E-state index is 12.8. The van der Waals surface area contributed by atoms with Crippen LogP contribution in [0.3, 0.4) is 0 Å². The lowest BCUT2D eigenvalue weighted by Gasteiger charge is -2.13. The number of rotatable bonds is 6. The Balaban J connectivity index is 1.49.